The fourth-order valence-electron chi connectivity index (χ4n) is 0.0778. The van der Waals surface area contributed by atoms with Gasteiger partial charge in [-0.1, -0.05) is 0 Å². The van der Waals surface area contributed by atoms with E-state index in [-0.39, 0.29) is 81.3 Å². The van der Waals surface area contributed by atoms with Crippen LogP contribution in [0.15, 0.2) is 0 Å². The molecule has 0 heterocycles. The van der Waals surface area contributed by atoms with E-state index in [0.717, 1.165) is 11.9 Å². The van der Waals surface area contributed by atoms with Crippen LogP contribution in [0.3, 0.4) is 0 Å². The SMILES string of the molecule is N#CSNC(=N)N.[I-].[K+]. The fourth-order valence-corrected chi connectivity index (χ4v) is 0.233. The third-order valence-corrected chi connectivity index (χ3v) is 0.620. The van der Waals surface area contributed by atoms with E-state index in [0.29, 0.717) is 0 Å². The zero-order valence-electron chi connectivity index (χ0n) is 4.81. The Labute approximate surface area is 117 Å². The number of nitrogens with zero attached hydrogens (tertiary/aromatic N) is 1. The smallest absolute Gasteiger partial charge is 1.00 e. The van der Waals surface area contributed by atoms with Gasteiger partial charge in [0.05, 0.1) is 11.9 Å². The second-order valence-corrected chi connectivity index (χ2v) is 1.30. The monoisotopic (exact) mass is 282 g/mol. The average Bonchev–Trinajstić information content (AvgIpc) is 1.61. The predicted molar refractivity (Wildman–Crippen MR) is 28.3 cm³/mol. The van der Waals surface area contributed by atoms with Crippen molar-refractivity contribution in [1.82, 2.24) is 4.72 Å². The van der Waals surface area contributed by atoms with Crippen LogP contribution in [-0.2, 0) is 0 Å². The Balaban J connectivity index is -0.000000180. The van der Waals surface area contributed by atoms with Gasteiger partial charge in [-0.15, -0.1) is 0 Å². The number of hydrogen-bond donors (Lipinski definition) is 3. The molecule has 9 heavy (non-hydrogen) atoms. The van der Waals surface area contributed by atoms with E-state index in [4.69, 9.17) is 16.4 Å². The predicted octanol–water partition coefficient (Wildman–Crippen LogP) is -6.39. The summed E-state index contributed by atoms with van der Waals surface area (Å²) in [7, 11) is 0. The van der Waals surface area contributed by atoms with Gasteiger partial charge >= 0.3 is 51.4 Å². The maximum absolute atomic E-state index is 7.81. The zero-order valence-corrected chi connectivity index (χ0v) is 10.9. The number of nitrogens with two attached hydrogens (primary N) is 1. The van der Waals surface area contributed by atoms with Gasteiger partial charge in [0.15, 0.2) is 11.4 Å². The first-order valence-corrected chi connectivity index (χ1v) is 2.24. The van der Waals surface area contributed by atoms with E-state index in [9.17, 15) is 0 Å². The van der Waals surface area contributed by atoms with E-state index in [1.54, 1.807) is 5.40 Å². The molecule has 0 amide bonds. The Bertz CT molecular complexity index is 112. The van der Waals surface area contributed by atoms with Gasteiger partial charge in [-0.3, -0.25) is 10.1 Å². The van der Waals surface area contributed by atoms with Gasteiger partial charge < -0.3 is 29.7 Å². The minimum Gasteiger partial charge on any atom is -1.00 e. The summed E-state index contributed by atoms with van der Waals surface area (Å²) in [5, 5.41) is 16.0. The molecule has 4 nitrogen and oxygen atoms in total. The molecule has 0 rings (SSSR count). The maximum Gasteiger partial charge on any atom is 1.00 e. The quantitative estimate of drug-likeness (QED) is 0.111. The molecular weight excluding hydrogens is 278 g/mol. The molecule has 0 spiro atoms. The summed E-state index contributed by atoms with van der Waals surface area (Å²) in [6, 6.07) is 0. The molecule has 0 aromatic rings. The molecule has 4 N–H and O–H groups in total. The molecule has 0 saturated carbocycles. The van der Waals surface area contributed by atoms with Crippen molar-refractivity contribution >= 4 is 17.9 Å². The molecule has 0 aliphatic heterocycles. The third kappa shape index (κ3) is 17.7. The van der Waals surface area contributed by atoms with Gasteiger partial charge in [0.25, 0.3) is 0 Å². The van der Waals surface area contributed by atoms with Gasteiger partial charge in [-0.2, -0.15) is 5.26 Å². The second-order valence-electron chi connectivity index (χ2n) is 0.709. The van der Waals surface area contributed by atoms with Gasteiger partial charge in [-0.05, 0) is 0 Å². The molecule has 0 unspecified atom stereocenters. The van der Waals surface area contributed by atoms with Crippen LogP contribution >= 0.6 is 11.9 Å². The molecule has 0 radical (unpaired) electrons. The van der Waals surface area contributed by atoms with Crippen molar-refractivity contribution in [3.05, 3.63) is 0 Å². The summed E-state index contributed by atoms with van der Waals surface area (Å²) < 4.78 is 2.21. The molecule has 0 aliphatic rings. The van der Waals surface area contributed by atoms with Crippen LogP contribution in [-0.4, -0.2) is 5.96 Å². The Morgan fingerprint density at radius 1 is 1.78 bits per heavy atom. The summed E-state index contributed by atoms with van der Waals surface area (Å²) in [5.74, 6) is -0.202. The summed E-state index contributed by atoms with van der Waals surface area (Å²) in [4.78, 5) is 0. The standard InChI is InChI=1S/C2H4N4S.HI.K/c3-1-7-6-2(4)5;;/h(H4,4,5,6);1H;/q;;+1/p-1. The Kier molecular flexibility index (Phi) is 22.8. The summed E-state index contributed by atoms with van der Waals surface area (Å²) in [6.07, 6.45) is 0. The number of guanidine groups is 1. The maximum atomic E-state index is 7.81. The first-order valence-electron chi connectivity index (χ1n) is 1.42. The van der Waals surface area contributed by atoms with E-state index >= 15 is 0 Å². The van der Waals surface area contributed by atoms with Crippen LogP contribution in [0.5, 0.6) is 0 Å². The molecule has 0 aromatic carbocycles. The Morgan fingerprint density at radius 3 is 2.33 bits per heavy atom. The Hall–Kier alpha value is 1.48. The number of hydrogen-bond acceptors (Lipinski definition) is 3. The first-order chi connectivity index (χ1) is 3.27. The molecule has 0 saturated heterocycles. The van der Waals surface area contributed by atoms with Crippen molar-refractivity contribution in [2.45, 2.75) is 0 Å². The van der Waals surface area contributed by atoms with Crippen LogP contribution in [0.25, 0.3) is 0 Å². The van der Waals surface area contributed by atoms with Crippen LogP contribution in [0.4, 0.5) is 0 Å². The number of thiocyanates is 1. The van der Waals surface area contributed by atoms with Crippen molar-refractivity contribution < 1.29 is 75.4 Å². The number of rotatable bonds is 1. The molecule has 46 valence electrons. The normalized spacial score (nSPS) is 5.22. The van der Waals surface area contributed by atoms with E-state index in [2.05, 4.69) is 4.72 Å². The Morgan fingerprint density at radius 2 is 2.22 bits per heavy atom. The van der Waals surface area contributed by atoms with Crippen LogP contribution in [0.1, 0.15) is 0 Å². The summed E-state index contributed by atoms with van der Waals surface area (Å²) in [5.41, 5.74) is 4.78. The average molecular weight is 282 g/mol. The molecule has 0 fully saturated rings. The number of nitriles is 1. The minimum atomic E-state index is -0.202. The third-order valence-electron chi connectivity index (χ3n) is 0.207. The number of nitrogens with one attached hydrogen (secondary N) is 2. The fraction of sp³-hybridized carbons (Fsp3) is 0. The van der Waals surface area contributed by atoms with Crippen molar-refractivity contribution in [3.63, 3.8) is 0 Å². The van der Waals surface area contributed by atoms with E-state index in [1.807, 2.05) is 0 Å². The molecule has 7 heteroatoms. The van der Waals surface area contributed by atoms with Gasteiger partial charge in [-0.25, -0.2) is 0 Å². The van der Waals surface area contributed by atoms with Crippen molar-refractivity contribution in [1.29, 1.82) is 10.7 Å². The van der Waals surface area contributed by atoms with Crippen molar-refractivity contribution in [2.75, 3.05) is 0 Å². The molecule has 0 bridgehead atoms. The molecule has 0 aliphatic carbocycles. The second kappa shape index (κ2) is 12.2. The van der Waals surface area contributed by atoms with Gasteiger partial charge in [0, 0.05) is 0 Å². The van der Waals surface area contributed by atoms with Crippen molar-refractivity contribution in [3.8, 4) is 5.40 Å². The largest absolute Gasteiger partial charge is 1.00 e. The van der Waals surface area contributed by atoms with Crippen LogP contribution in [0.2, 0.25) is 0 Å². The first kappa shape index (κ1) is 16.8. The van der Waals surface area contributed by atoms with Gasteiger partial charge in [0.1, 0.15) is 0 Å². The van der Waals surface area contributed by atoms with E-state index in [1.165, 1.54) is 0 Å². The van der Waals surface area contributed by atoms with E-state index < -0.39 is 0 Å². The minimum absolute atomic E-state index is 0. The summed E-state index contributed by atoms with van der Waals surface area (Å²) >= 11 is 0.722. The zero-order chi connectivity index (χ0) is 5.70. The van der Waals surface area contributed by atoms with Gasteiger partial charge in [0.2, 0.25) is 0 Å². The molecule has 0 aromatic heterocycles. The molecule has 0 atom stereocenters. The van der Waals surface area contributed by atoms with Crippen LogP contribution < -0.4 is 85.8 Å². The molecular formula is C2H4IKN4S. The van der Waals surface area contributed by atoms with Crippen molar-refractivity contribution in [2.24, 2.45) is 5.73 Å². The summed E-state index contributed by atoms with van der Waals surface area (Å²) in [6.45, 7) is 0. The topological polar surface area (TPSA) is 85.7 Å². The number of halogens is 1. The van der Waals surface area contributed by atoms with Crippen LogP contribution in [0, 0.1) is 16.1 Å².